The lowest BCUT2D eigenvalue weighted by molar-refractivity contribution is -0.140. The molecule has 1 atom stereocenters. The first-order valence-electron chi connectivity index (χ1n) is 12.8. The summed E-state index contributed by atoms with van der Waals surface area (Å²) in [5.74, 6) is 0.343. The molecule has 0 saturated carbocycles. The number of aryl methyl sites for hydroxylation is 1. The molecule has 0 amide bonds. The van der Waals surface area contributed by atoms with Crippen LogP contribution in [-0.2, 0) is 29.0 Å². The number of unbranched alkanes of at least 4 members (excludes halogenated alkanes) is 1. The van der Waals surface area contributed by atoms with Crippen molar-refractivity contribution in [1.29, 1.82) is 0 Å². The molecule has 0 saturated heterocycles. The van der Waals surface area contributed by atoms with E-state index in [0.29, 0.717) is 18.7 Å². The van der Waals surface area contributed by atoms with E-state index in [1.807, 2.05) is 0 Å². The third-order valence-electron chi connectivity index (χ3n) is 7.01. The molecule has 0 fully saturated rings. The summed E-state index contributed by atoms with van der Waals surface area (Å²) in [5.41, 5.74) is 13.2. The lowest BCUT2D eigenvalue weighted by Gasteiger charge is -2.31. The number of carbonyl (C=O) groups excluding carboxylic acids is 1. The summed E-state index contributed by atoms with van der Waals surface area (Å²) in [7, 11) is 7.74. The van der Waals surface area contributed by atoms with Gasteiger partial charge in [0.2, 0.25) is 0 Å². The number of esters is 1. The SMILES string of the molecule is CCCCC1N(C)c2c(N)nc3cc(CCC(=O)OC)ccc3c2N1Cc1ccc(CN(C)C)cc1. The third-order valence-corrected chi connectivity index (χ3v) is 7.01. The fourth-order valence-electron chi connectivity index (χ4n) is 5.18. The van der Waals surface area contributed by atoms with E-state index in [-0.39, 0.29) is 12.1 Å². The van der Waals surface area contributed by atoms with Crippen molar-refractivity contribution >= 4 is 34.1 Å². The summed E-state index contributed by atoms with van der Waals surface area (Å²) in [6, 6.07) is 15.2. The molecular weight excluding hydrogens is 450 g/mol. The highest BCUT2D eigenvalue weighted by Crippen LogP contribution is 2.48. The fraction of sp³-hybridized carbons (Fsp3) is 0.448. The number of ether oxygens (including phenoxy) is 1. The number of aromatic nitrogens is 1. The Morgan fingerprint density at radius 1 is 1.08 bits per heavy atom. The quantitative estimate of drug-likeness (QED) is 0.404. The van der Waals surface area contributed by atoms with Crippen molar-refractivity contribution in [2.24, 2.45) is 0 Å². The van der Waals surface area contributed by atoms with Crippen LogP contribution in [0, 0.1) is 0 Å². The van der Waals surface area contributed by atoms with Crippen molar-refractivity contribution < 1.29 is 9.53 Å². The van der Waals surface area contributed by atoms with Gasteiger partial charge >= 0.3 is 5.97 Å². The van der Waals surface area contributed by atoms with Gasteiger partial charge in [0.1, 0.15) is 17.7 Å². The Morgan fingerprint density at radius 2 is 1.78 bits per heavy atom. The summed E-state index contributed by atoms with van der Waals surface area (Å²) >= 11 is 0. The Morgan fingerprint density at radius 3 is 2.44 bits per heavy atom. The van der Waals surface area contributed by atoms with Crippen LogP contribution < -0.4 is 15.5 Å². The number of nitrogens with two attached hydrogens (primary N) is 1. The molecule has 7 nitrogen and oxygen atoms in total. The average molecular weight is 490 g/mol. The molecule has 36 heavy (non-hydrogen) atoms. The number of anilines is 3. The molecule has 0 radical (unpaired) electrons. The number of pyridine rings is 1. The molecule has 0 bridgehead atoms. The van der Waals surface area contributed by atoms with E-state index in [9.17, 15) is 4.79 Å². The molecule has 2 aromatic carbocycles. The minimum atomic E-state index is -0.209. The predicted octanol–water partition coefficient (Wildman–Crippen LogP) is 4.96. The smallest absolute Gasteiger partial charge is 0.305 e. The van der Waals surface area contributed by atoms with Gasteiger partial charge in [-0.3, -0.25) is 4.79 Å². The number of benzene rings is 2. The first-order chi connectivity index (χ1) is 17.3. The van der Waals surface area contributed by atoms with E-state index in [1.54, 1.807) is 0 Å². The Bertz CT molecular complexity index is 1210. The van der Waals surface area contributed by atoms with Crippen molar-refractivity contribution in [3.05, 3.63) is 59.2 Å². The van der Waals surface area contributed by atoms with Gasteiger partial charge in [0.15, 0.2) is 0 Å². The van der Waals surface area contributed by atoms with Crippen molar-refractivity contribution in [2.45, 2.75) is 58.3 Å². The number of carbonyl (C=O) groups is 1. The van der Waals surface area contributed by atoms with Gasteiger partial charge in [-0.2, -0.15) is 0 Å². The van der Waals surface area contributed by atoms with Gasteiger partial charge < -0.3 is 25.2 Å². The van der Waals surface area contributed by atoms with Crippen LogP contribution in [0.4, 0.5) is 17.2 Å². The molecule has 1 aliphatic rings. The van der Waals surface area contributed by atoms with Crippen LogP contribution in [0.15, 0.2) is 42.5 Å². The van der Waals surface area contributed by atoms with Crippen molar-refractivity contribution in [2.75, 3.05) is 43.8 Å². The summed E-state index contributed by atoms with van der Waals surface area (Å²) in [6.45, 7) is 3.97. The first kappa shape index (κ1) is 25.8. The molecule has 192 valence electrons. The number of hydrogen-bond donors (Lipinski definition) is 1. The molecule has 0 spiro atoms. The Hall–Kier alpha value is -3.32. The normalized spacial score (nSPS) is 15.1. The van der Waals surface area contributed by atoms with Crippen LogP contribution in [0.2, 0.25) is 0 Å². The van der Waals surface area contributed by atoms with Gasteiger partial charge in [-0.15, -0.1) is 0 Å². The Kier molecular flexibility index (Phi) is 7.99. The van der Waals surface area contributed by atoms with Crippen LogP contribution in [0.1, 0.15) is 49.3 Å². The monoisotopic (exact) mass is 489 g/mol. The second-order valence-corrected chi connectivity index (χ2v) is 10.0. The van der Waals surface area contributed by atoms with E-state index < -0.39 is 0 Å². The number of nitrogen functional groups attached to an aromatic ring is 1. The van der Waals surface area contributed by atoms with E-state index in [4.69, 9.17) is 15.5 Å². The van der Waals surface area contributed by atoms with Crippen LogP contribution in [-0.4, -0.2) is 50.3 Å². The highest BCUT2D eigenvalue weighted by molar-refractivity contribution is 6.04. The summed E-state index contributed by atoms with van der Waals surface area (Å²) in [4.78, 5) is 23.4. The fourth-order valence-corrected chi connectivity index (χ4v) is 5.18. The summed E-state index contributed by atoms with van der Waals surface area (Å²) < 4.78 is 4.80. The van der Waals surface area contributed by atoms with E-state index in [2.05, 4.69) is 85.2 Å². The van der Waals surface area contributed by atoms with Crippen molar-refractivity contribution in [3.63, 3.8) is 0 Å². The first-order valence-corrected chi connectivity index (χ1v) is 12.8. The summed E-state index contributed by atoms with van der Waals surface area (Å²) in [6.07, 6.45) is 4.52. The molecule has 7 heteroatoms. The van der Waals surface area contributed by atoms with Gasteiger partial charge in [0.05, 0.1) is 18.3 Å². The molecular formula is C29H39N5O2. The summed E-state index contributed by atoms with van der Waals surface area (Å²) in [5, 5.41) is 1.09. The van der Waals surface area contributed by atoms with Gasteiger partial charge in [-0.1, -0.05) is 49.7 Å². The number of nitrogens with zero attached hydrogens (tertiary/aromatic N) is 4. The minimum Gasteiger partial charge on any atom is -0.469 e. The topological polar surface area (TPSA) is 74.9 Å². The van der Waals surface area contributed by atoms with Gasteiger partial charge in [-0.05, 0) is 56.1 Å². The Balaban J connectivity index is 1.72. The highest BCUT2D eigenvalue weighted by Gasteiger charge is 2.37. The molecule has 1 unspecified atom stereocenters. The van der Waals surface area contributed by atoms with Crippen LogP contribution in [0.5, 0.6) is 0 Å². The van der Waals surface area contributed by atoms with Gasteiger partial charge in [0.25, 0.3) is 0 Å². The van der Waals surface area contributed by atoms with Crippen LogP contribution >= 0.6 is 0 Å². The second kappa shape index (κ2) is 11.2. The molecule has 1 aromatic heterocycles. The molecule has 3 aromatic rings. The maximum absolute atomic E-state index is 11.6. The number of hydrogen-bond acceptors (Lipinski definition) is 7. The van der Waals surface area contributed by atoms with Crippen LogP contribution in [0.25, 0.3) is 10.9 Å². The largest absolute Gasteiger partial charge is 0.469 e. The predicted molar refractivity (Wildman–Crippen MR) is 148 cm³/mol. The number of rotatable bonds is 10. The van der Waals surface area contributed by atoms with Gasteiger partial charge in [0, 0.05) is 31.9 Å². The molecule has 1 aliphatic heterocycles. The second-order valence-electron chi connectivity index (χ2n) is 10.0. The molecule has 0 aliphatic carbocycles. The third kappa shape index (κ3) is 5.41. The standard InChI is InChI=1S/C29H39N5O2/c1-6-7-8-25-33(4)28-27(34(25)19-22-11-9-21(10-12-22)18-32(2)3)23-15-13-20(14-16-26(35)36-5)17-24(23)31-29(28)30/h9-13,15,17,25H,6-8,14,16,18-19H2,1-5H3,(H2,30,31). The van der Waals surface area contributed by atoms with Crippen molar-refractivity contribution in [3.8, 4) is 0 Å². The maximum Gasteiger partial charge on any atom is 0.305 e. The van der Waals surface area contributed by atoms with E-state index >= 15 is 0 Å². The van der Waals surface area contributed by atoms with Crippen LogP contribution in [0.3, 0.4) is 0 Å². The van der Waals surface area contributed by atoms with Crippen molar-refractivity contribution in [1.82, 2.24) is 9.88 Å². The lowest BCUT2D eigenvalue weighted by atomic mass is 10.0. The number of fused-ring (bicyclic) bond motifs is 3. The molecule has 2 heterocycles. The van der Waals surface area contributed by atoms with E-state index in [0.717, 1.165) is 60.2 Å². The lowest BCUT2D eigenvalue weighted by Crippen LogP contribution is -2.41. The average Bonchev–Trinajstić information content (AvgIpc) is 3.13. The minimum absolute atomic E-state index is 0.209. The molecule has 2 N–H and O–H groups in total. The number of methoxy groups -OCH3 is 1. The zero-order chi connectivity index (χ0) is 25.8. The zero-order valence-corrected chi connectivity index (χ0v) is 22.3. The highest BCUT2D eigenvalue weighted by atomic mass is 16.5. The van der Waals surface area contributed by atoms with E-state index in [1.165, 1.54) is 18.2 Å². The molecule has 4 rings (SSSR count). The van der Waals surface area contributed by atoms with Gasteiger partial charge in [-0.25, -0.2) is 4.98 Å². The zero-order valence-electron chi connectivity index (χ0n) is 22.3. The Labute approximate surface area is 214 Å². The maximum atomic E-state index is 11.6.